The Morgan fingerprint density at radius 3 is 2.66 bits per heavy atom. The van der Waals surface area contributed by atoms with Crippen LogP contribution in [0.15, 0.2) is 71.5 Å². The maximum Gasteiger partial charge on any atom is 0.217 e. The molecule has 0 aromatic heterocycles. The number of nitrogens with one attached hydrogen (secondary N) is 3. The molecule has 1 unspecified atom stereocenters. The van der Waals surface area contributed by atoms with Crippen molar-refractivity contribution in [3.05, 3.63) is 88.6 Å². The fraction of sp³-hybridized carbons (Fsp3) is 0.310. The van der Waals surface area contributed by atoms with Crippen LogP contribution in [0.3, 0.4) is 0 Å². The molecule has 2 aromatic carbocycles. The Morgan fingerprint density at radius 1 is 1.23 bits per heavy atom. The lowest BCUT2D eigenvalue weighted by molar-refractivity contribution is -0.119. The highest BCUT2D eigenvalue weighted by atomic mass is 19.1. The van der Waals surface area contributed by atoms with Crippen LogP contribution in [0.4, 0.5) is 14.5 Å². The van der Waals surface area contributed by atoms with Crippen molar-refractivity contribution in [1.29, 1.82) is 5.41 Å². The third-order valence-corrected chi connectivity index (χ3v) is 7.07. The smallest absolute Gasteiger partial charge is 0.217 e. The molecule has 0 aliphatic heterocycles. The van der Waals surface area contributed by atoms with E-state index in [1.807, 2.05) is 0 Å². The molecular formula is C29H29F2N3O. The second-order valence-electron chi connectivity index (χ2n) is 9.45. The highest BCUT2D eigenvalue weighted by molar-refractivity contribution is 5.81. The summed E-state index contributed by atoms with van der Waals surface area (Å²) in [6.45, 7) is 3.67. The monoisotopic (exact) mass is 473 g/mol. The molecule has 1 saturated carbocycles. The van der Waals surface area contributed by atoms with Gasteiger partial charge in [0.15, 0.2) is 0 Å². The predicted molar refractivity (Wildman–Crippen MR) is 135 cm³/mol. The van der Waals surface area contributed by atoms with Crippen molar-refractivity contribution >= 4 is 17.8 Å². The van der Waals surface area contributed by atoms with E-state index in [-0.39, 0.29) is 28.9 Å². The molecule has 180 valence electrons. The van der Waals surface area contributed by atoms with Gasteiger partial charge in [0.2, 0.25) is 5.91 Å². The van der Waals surface area contributed by atoms with Crippen LogP contribution in [0.5, 0.6) is 0 Å². The number of halogens is 2. The van der Waals surface area contributed by atoms with Crippen LogP contribution < -0.4 is 10.6 Å². The minimum Gasteiger partial charge on any atom is -0.355 e. The Labute approximate surface area is 205 Å². The van der Waals surface area contributed by atoms with E-state index in [1.54, 1.807) is 30.3 Å². The summed E-state index contributed by atoms with van der Waals surface area (Å²) >= 11 is 0. The van der Waals surface area contributed by atoms with Crippen molar-refractivity contribution in [2.75, 3.05) is 5.32 Å². The lowest BCUT2D eigenvalue weighted by Gasteiger charge is -2.38. The summed E-state index contributed by atoms with van der Waals surface area (Å²) in [5.74, 6) is 5.37. The molecule has 2 aliphatic rings. The number of amides is 1. The van der Waals surface area contributed by atoms with Crippen molar-refractivity contribution < 1.29 is 13.6 Å². The normalized spacial score (nSPS) is 21.8. The van der Waals surface area contributed by atoms with Gasteiger partial charge in [0.05, 0.1) is 11.6 Å². The maximum absolute atomic E-state index is 14.0. The predicted octanol–water partition coefficient (Wildman–Crippen LogP) is 5.97. The SMILES string of the molecule is CC(=O)NC(C#Cc1ccccc1F)C[C@H]1CCC2=CC(Nc3ccc(F)cc3)=C(C=N)C[C@@]21C. The first-order valence-corrected chi connectivity index (χ1v) is 11.8. The number of anilines is 1. The summed E-state index contributed by atoms with van der Waals surface area (Å²) in [6.07, 6.45) is 6.67. The fourth-order valence-electron chi connectivity index (χ4n) is 5.17. The molecule has 0 bridgehead atoms. The number of fused-ring (bicyclic) bond motifs is 1. The quantitative estimate of drug-likeness (QED) is 0.357. The Bertz CT molecular complexity index is 1250. The molecular weight excluding hydrogens is 444 g/mol. The largest absolute Gasteiger partial charge is 0.355 e. The maximum atomic E-state index is 14.0. The zero-order valence-corrected chi connectivity index (χ0v) is 19.9. The highest BCUT2D eigenvalue weighted by Gasteiger charge is 2.45. The van der Waals surface area contributed by atoms with Gasteiger partial charge in [0, 0.05) is 24.5 Å². The molecule has 0 spiro atoms. The van der Waals surface area contributed by atoms with Gasteiger partial charge >= 0.3 is 0 Å². The molecule has 1 amide bonds. The number of hydrogen-bond acceptors (Lipinski definition) is 3. The molecule has 3 atom stereocenters. The van der Waals surface area contributed by atoms with Crippen LogP contribution in [0, 0.1) is 40.2 Å². The van der Waals surface area contributed by atoms with Crippen molar-refractivity contribution in [3.63, 3.8) is 0 Å². The van der Waals surface area contributed by atoms with E-state index in [2.05, 4.69) is 35.5 Å². The molecule has 3 N–H and O–H groups in total. The van der Waals surface area contributed by atoms with Gasteiger partial charge in [-0.3, -0.25) is 4.79 Å². The summed E-state index contributed by atoms with van der Waals surface area (Å²) < 4.78 is 27.3. The van der Waals surface area contributed by atoms with E-state index >= 15 is 0 Å². The Hall–Kier alpha value is -3.72. The average molecular weight is 474 g/mol. The standard InChI is InChI=1S/C29H29F2N3O/c1-19(35)33-26(12-7-20-5-3-4-6-27(20)31)15-22-8-9-23-16-28(21(18-32)17-29(22,23)2)34-25-13-10-24(30)11-14-25/h3-6,10-11,13-14,16,18,22,26,32,34H,8-9,15,17H2,1-2H3,(H,33,35)/t22-,26?,29-/m1/s1. The first-order valence-electron chi connectivity index (χ1n) is 11.8. The molecule has 6 heteroatoms. The molecule has 35 heavy (non-hydrogen) atoms. The minimum atomic E-state index is -0.403. The van der Waals surface area contributed by atoms with E-state index in [0.29, 0.717) is 18.4 Å². The Balaban J connectivity index is 1.55. The summed E-state index contributed by atoms with van der Waals surface area (Å²) in [7, 11) is 0. The van der Waals surface area contributed by atoms with Gasteiger partial charge in [0.1, 0.15) is 11.6 Å². The van der Waals surface area contributed by atoms with Gasteiger partial charge in [0.25, 0.3) is 0 Å². The molecule has 0 radical (unpaired) electrons. The van der Waals surface area contributed by atoms with Crippen LogP contribution in [0.1, 0.15) is 45.1 Å². The van der Waals surface area contributed by atoms with Gasteiger partial charge in [-0.25, -0.2) is 8.78 Å². The fourth-order valence-corrected chi connectivity index (χ4v) is 5.17. The second kappa shape index (κ2) is 10.3. The van der Waals surface area contributed by atoms with E-state index < -0.39 is 6.04 Å². The van der Waals surface area contributed by atoms with Crippen LogP contribution in [0.25, 0.3) is 0 Å². The van der Waals surface area contributed by atoms with Crippen LogP contribution in [-0.2, 0) is 4.79 Å². The number of hydrogen-bond donors (Lipinski definition) is 3. The summed E-state index contributed by atoms with van der Waals surface area (Å²) in [4.78, 5) is 11.9. The zero-order chi connectivity index (χ0) is 25.0. The molecule has 4 rings (SSSR count). The van der Waals surface area contributed by atoms with Crippen molar-refractivity contribution in [3.8, 4) is 11.8 Å². The van der Waals surface area contributed by atoms with Gasteiger partial charge in [-0.15, -0.1) is 0 Å². The topological polar surface area (TPSA) is 65.0 Å². The van der Waals surface area contributed by atoms with Crippen molar-refractivity contribution in [1.82, 2.24) is 5.32 Å². The van der Waals surface area contributed by atoms with Gasteiger partial charge in [-0.05, 0) is 85.1 Å². The van der Waals surface area contributed by atoms with E-state index in [9.17, 15) is 13.6 Å². The van der Waals surface area contributed by atoms with Crippen molar-refractivity contribution in [2.45, 2.75) is 45.6 Å². The number of carbonyl (C=O) groups is 1. The first kappa shape index (κ1) is 24.4. The van der Waals surface area contributed by atoms with E-state index in [1.165, 1.54) is 36.9 Å². The lowest BCUT2D eigenvalue weighted by Crippen LogP contribution is -2.37. The Morgan fingerprint density at radius 2 is 1.97 bits per heavy atom. The molecule has 1 fully saturated rings. The molecule has 2 aromatic rings. The summed E-state index contributed by atoms with van der Waals surface area (Å²) in [6, 6.07) is 12.1. The van der Waals surface area contributed by atoms with Crippen LogP contribution in [0.2, 0.25) is 0 Å². The average Bonchev–Trinajstić information content (AvgIpc) is 3.14. The molecule has 2 aliphatic carbocycles. The number of allylic oxidation sites excluding steroid dienone is 3. The number of rotatable bonds is 6. The van der Waals surface area contributed by atoms with Gasteiger partial charge in [-0.1, -0.05) is 36.5 Å². The van der Waals surface area contributed by atoms with E-state index in [4.69, 9.17) is 5.41 Å². The van der Waals surface area contributed by atoms with Crippen LogP contribution in [-0.4, -0.2) is 18.2 Å². The first-order chi connectivity index (χ1) is 16.8. The molecule has 4 nitrogen and oxygen atoms in total. The minimum absolute atomic E-state index is 0.169. The third kappa shape index (κ3) is 5.51. The molecule has 0 heterocycles. The van der Waals surface area contributed by atoms with Crippen LogP contribution >= 0.6 is 0 Å². The number of carbonyl (C=O) groups excluding carboxylic acids is 1. The van der Waals surface area contributed by atoms with Gasteiger partial charge < -0.3 is 16.0 Å². The third-order valence-electron chi connectivity index (χ3n) is 7.07. The summed E-state index contributed by atoms with van der Waals surface area (Å²) in [5, 5.41) is 14.3. The summed E-state index contributed by atoms with van der Waals surface area (Å²) in [5.41, 5.74) is 3.94. The number of benzene rings is 2. The van der Waals surface area contributed by atoms with Gasteiger partial charge in [-0.2, -0.15) is 0 Å². The van der Waals surface area contributed by atoms with E-state index in [0.717, 1.165) is 29.8 Å². The second-order valence-corrected chi connectivity index (χ2v) is 9.45. The Kier molecular flexibility index (Phi) is 7.16. The highest BCUT2D eigenvalue weighted by Crippen LogP contribution is 2.55. The molecule has 0 saturated heterocycles. The zero-order valence-electron chi connectivity index (χ0n) is 19.9. The lowest BCUT2D eigenvalue weighted by atomic mass is 9.68. The van der Waals surface area contributed by atoms with Crippen molar-refractivity contribution in [2.24, 2.45) is 11.3 Å².